The number of thioether (sulfide) groups is 1. The van der Waals surface area contributed by atoms with Crippen molar-refractivity contribution >= 4 is 29.3 Å². The maximum absolute atomic E-state index is 11.9. The third kappa shape index (κ3) is 5.29. The zero-order valence-corrected chi connectivity index (χ0v) is 12.3. The van der Waals surface area contributed by atoms with Crippen molar-refractivity contribution in [1.82, 2.24) is 5.32 Å². The summed E-state index contributed by atoms with van der Waals surface area (Å²) < 4.78 is 4.98. The summed E-state index contributed by atoms with van der Waals surface area (Å²) in [5, 5.41) is 3.45. The van der Waals surface area contributed by atoms with Crippen LogP contribution in [0.2, 0.25) is 5.02 Å². The second-order valence-corrected chi connectivity index (χ2v) is 5.93. The van der Waals surface area contributed by atoms with Gasteiger partial charge >= 0.3 is 0 Å². The highest BCUT2D eigenvalue weighted by atomic mass is 35.5. The van der Waals surface area contributed by atoms with Crippen molar-refractivity contribution in [1.29, 1.82) is 0 Å². The molecular weight excluding hydrogens is 270 g/mol. The molecule has 5 heteroatoms. The van der Waals surface area contributed by atoms with Gasteiger partial charge in [0.15, 0.2) is 0 Å². The predicted octanol–water partition coefficient (Wildman–Crippen LogP) is 2.97. The topological polar surface area (TPSA) is 38.3 Å². The SMILES string of the molecule is COC[C@@H](C)NC(=O)[C@H](C)Sc1ccc(Cl)cc1. The highest BCUT2D eigenvalue weighted by molar-refractivity contribution is 8.00. The molecule has 0 aliphatic heterocycles. The molecule has 1 aromatic rings. The fourth-order valence-electron chi connectivity index (χ4n) is 1.42. The number of amides is 1. The van der Waals surface area contributed by atoms with Crippen molar-refractivity contribution in [2.24, 2.45) is 0 Å². The summed E-state index contributed by atoms with van der Waals surface area (Å²) in [4.78, 5) is 12.9. The second kappa shape index (κ2) is 7.67. The van der Waals surface area contributed by atoms with E-state index in [0.29, 0.717) is 11.6 Å². The van der Waals surface area contributed by atoms with Crippen LogP contribution in [0.5, 0.6) is 0 Å². The van der Waals surface area contributed by atoms with Crippen LogP contribution in [0.15, 0.2) is 29.2 Å². The first-order chi connectivity index (χ1) is 8.52. The average Bonchev–Trinajstić information content (AvgIpc) is 2.32. The molecule has 0 saturated carbocycles. The van der Waals surface area contributed by atoms with Crippen LogP contribution in [-0.2, 0) is 9.53 Å². The summed E-state index contributed by atoms with van der Waals surface area (Å²) in [6.07, 6.45) is 0. The Kier molecular flexibility index (Phi) is 6.54. The standard InChI is InChI=1S/C13H18ClNO2S/c1-9(8-17-3)15-13(16)10(2)18-12-6-4-11(14)5-7-12/h4-7,9-10H,8H2,1-3H3,(H,15,16)/t9-,10+/m1/s1. The number of benzene rings is 1. The van der Waals surface area contributed by atoms with Gasteiger partial charge in [0.25, 0.3) is 0 Å². The van der Waals surface area contributed by atoms with Gasteiger partial charge in [-0.3, -0.25) is 4.79 Å². The summed E-state index contributed by atoms with van der Waals surface area (Å²) in [7, 11) is 1.62. The summed E-state index contributed by atoms with van der Waals surface area (Å²) >= 11 is 7.32. The molecule has 0 fully saturated rings. The molecule has 0 unspecified atom stereocenters. The molecule has 0 aliphatic carbocycles. The van der Waals surface area contributed by atoms with Gasteiger partial charge in [0.1, 0.15) is 0 Å². The summed E-state index contributed by atoms with van der Waals surface area (Å²) in [6.45, 7) is 4.32. The smallest absolute Gasteiger partial charge is 0.233 e. The van der Waals surface area contributed by atoms with Crippen LogP contribution < -0.4 is 5.32 Å². The lowest BCUT2D eigenvalue weighted by molar-refractivity contribution is -0.121. The van der Waals surface area contributed by atoms with Gasteiger partial charge in [-0.15, -0.1) is 11.8 Å². The molecular formula is C13H18ClNO2S. The largest absolute Gasteiger partial charge is 0.383 e. The Morgan fingerprint density at radius 3 is 2.56 bits per heavy atom. The molecule has 1 rings (SSSR count). The van der Waals surface area contributed by atoms with Crippen molar-refractivity contribution in [3.05, 3.63) is 29.3 Å². The second-order valence-electron chi connectivity index (χ2n) is 4.08. The Balaban J connectivity index is 2.46. The van der Waals surface area contributed by atoms with E-state index in [4.69, 9.17) is 16.3 Å². The Morgan fingerprint density at radius 2 is 2.00 bits per heavy atom. The van der Waals surface area contributed by atoms with Crippen molar-refractivity contribution in [2.75, 3.05) is 13.7 Å². The molecule has 0 saturated heterocycles. The van der Waals surface area contributed by atoms with Gasteiger partial charge in [0.2, 0.25) is 5.91 Å². The number of rotatable bonds is 6. The minimum absolute atomic E-state index is 0.0134. The summed E-state index contributed by atoms with van der Waals surface area (Å²) in [5.74, 6) is 0.0134. The number of carbonyl (C=O) groups is 1. The van der Waals surface area contributed by atoms with E-state index in [1.807, 2.05) is 38.1 Å². The third-order valence-electron chi connectivity index (χ3n) is 2.30. The van der Waals surface area contributed by atoms with E-state index in [-0.39, 0.29) is 17.2 Å². The van der Waals surface area contributed by atoms with Gasteiger partial charge < -0.3 is 10.1 Å². The first kappa shape index (κ1) is 15.3. The van der Waals surface area contributed by atoms with Crippen molar-refractivity contribution in [2.45, 2.75) is 30.0 Å². The number of hydrogen-bond acceptors (Lipinski definition) is 3. The van der Waals surface area contributed by atoms with Crippen molar-refractivity contribution < 1.29 is 9.53 Å². The van der Waals surface area contributed by atoms with Crippen LogP contribution in [0.4, 0.5) is 0 Å². The van der Waals surface area contributed by atoms with E-state index in [1.54, 1.807) is 7.11 Å². The van der Waals surface area contributed by atoms with E-state index >= 15 is 0 Å². The molecule has 1 aromatic carbocycles. The molecule has 0 radical (unpaired) electrons. The maximum Gasteiger partial charge on any atom is 0.233 e. The molecule has 3 nitrogen and oxygen atoms in total. The predicted molar refractivity (Wildman–Crippen MR) is 76.3 cm³/mol. The lowest BCUT2D eigenvalue weighted by Crippen LogP contribution is -2.39. The van der Waals surface area contributed by atoms with E-state index in [2.05, 4.69) is 5.32 Å². The van der Waals surface area contributed by atoms with E-state index in [9.17, 15) is 4.79 Å². The molecule has 0 aliphatic rings. The highest BCUT2D eigenvalue weighted by Gasteiger charge is 2.16. The van der Waals surface area contributed by atoms with E-state index in [1.165, 1.54) is 11.8 Å². The highest BCUT2D eigenvalue weighted by Crippen LogP contribution is 2.24. The van der Waals surface area contributed by atoms with Crippen LogP contribution in [0, 0.1) is 0 Å². The zero-order chi connectivity index (χ0) is 13.5. The third-order valence-corrected chi connectivity index (χ3v) is 3.66. The molecule has 0 bridgehead atoms. The van der Waals surface area contributed by atoms with Gasteiger partial charge in [0.05, 0.1) is 11.9 Å². The number of methoxy groups -OCH3 is 1. The van der Waals surface area contributed by atoms with Gasteiger partial charge in [0, 0.05) is 23.1 Å². The Morgan fingerprint density at radius 1 is 1.39 bits per heavy atom. The normalized spacial score (nSPS) is 14.0. The first-order valence-electron chi connectivity index (χ1n) is 5.74. The molecule has 0 heterocycles. The van der Waals surface area contributed by atoms with Crippen LogP contribution in [0.25, 0.3) is 0 Å². The number of ether oxygens (including phenoxy) is 1. The fraction of sp³-hybridized carbons (Fsp3) is 0.462. The number of nitrogens with one attached hydrogen (secondary N) is 1. The molecule has 100 valence electrons. The molecule has 1 amide bonds. The Labute approximate surface area is 117 Å². The van der Waals surface area contributed by atoms with Crippen LogP contribution >= 0.6 is 23.4 Å². The van der Waals surface area contributed by atoms with Crippen LogP contribution in [0.1, 0.15) is 13.8 Å². The molecule has 0 aromatic heterocycles. The minimum Gasteiger partial charge on any atom is -0.383 e. The first-order valence-corrected chi connectivity index (χ1v) is 7.00. The van der Waals surface area contributed by atoms with Gasteiger partial charge in [-0.1, -0.05) is 11.6 Å². The molecule has 0 spiro atoms. The summed E-state index contributed by atoms with van der Waals surface area (Å²) in [5.41, 5.74) is 0. The lowest BCUT2D eigenvalue weighted by atomic mass is 10.3. The fourth-order valence-corrected chi connectivity index (χ4v) is 2.43. The van der Waals surface area contributed by atoms with Gasteiger partial charge in [-0.25, -0.2) is 0 Å². The Hall–Kier alpha value is -0.710. The van der Waals surface area contributed by atoms with Crippen molar-refractivity contribution in [3.8, 4) is 0 Å². The number of hydrogen-bond donors (Lipinski definition) is 1. The van der Waals surface area contributed by atoms with E-state index in [0.717, 1.165) is 4.90 Å². The molecule has 1 N–H and O–H groups in total. The van der Waals surface area contributed by atoms with Crippen LogP contribution in [-0.4, -0.2) is 30.9 Å². The van der Waals surface area contributed by atoms with Gasteiger partial charge in [-0.05, 0) is 38.1 Å². The Bertz CT molecular complexity index is 383. The quantitative estimate of drug-likeness (QED) is 0.818. The number of halogens is 1. The summed E-state index contributed by atoms with van der Waals surface area (Å²) in [6, 6.07) is 7.49. The van der Waals surface area contributed by atoms with Gasteiger partial charge in [-0.2, -0.15) is 0 Å². The van der Waals surface area contributed by atoms with Crippen LogP contribution in [0.3, 0.4) is 0 Å². The monoisotopic (exact) mass is 287 g/mol. The lowest BCUT2D eigenvalue weighted by Gasteiger charge is -2.16. The average molecular weight is 288 g/mol. The van der Waals surface area contributed by atoms with E-state index < -0.39 is 0 Å². The zero-order valence-electron chi connectivity index (χ0n) is 10.8. The minimum atomic E-state index is -0.148. The maximum atomic E-state index is 11.9. The van der Waals surface area contributed by atoms with Crippen molar-refractivity contribution in [3.63, 3.8) is 0 Å². The number of carbonyl (C=O) groups excluding carboxylic acids is 1. The molecule has 2 atom stereocenters. The molecule has 18 heavy (non-hydrogen) atoms.